The van der Waals surface area contributed by atoms with Crippen molar-refractivity contribution in [1.29, 1.82) is 0 Å². The van der Waals surface area contributed by atoms with Crippen LogP contribution in [0.5, 0.6) is 0 Å². The van der Waals surface area contributed by atoms with E-state index in [0.29, 0.717) is 6.42 Å². The number of aliphatic hydroxyl groups is 1. The van der Waals surface area contributed by atoms with Crippen molar-refractivity contribution in [3.05, 3.63) is 33.1 Å². The number of amides is 1. The van der Waals surface area contributed by atoms with E-state index >= 15 is 0 Å². The Bertz CT molecular complexity index is 466. The van der Waals surface area contributed by atoms with Crippen LogP contribution >= 0.6 is 11.6 Å². The van der Waals surface area contributed by atoms with E-state index in [1.807, 2.05) is 0 Å². The van der Waals surface area contributed by atoms with Gasteiger partial charge >= 0.3 is 5.69 Å². The minimum absolute atomic E-state index is 0.0203. The van der Waals surface area contributed by atoms with Gasteiger partial charge in [-0.25, -0.2) is 4.98 Å². The van der Waals surface area contributed by atoms with Crippen LogP contribution in [-0.2, 0) is 0 Å². The SMILES string of the molecule is CCC(O)CNC(=O)c1ccnc(Cl)c1[N+](=O)[O-]. The number of hydrogen-bond donors (Lipinski definition) is 2. The summed E-state index contributed by atoms with van der Waals surface area (Å²) in [5.41, 5.74) is -0.717. The standard InChI is InChI=1S/C10H12ClN3O4/c1-2-6(15)5-13-10(16)7-3-4-12-9(11)8(7)14(17)18/h3-4,6,15H,2,5H2,1H3,(H,13,16). The van der Waals surface area contributed by atoms with Gasteiger partial charge in [0.25, 0.3) is 5.91 Å². The van der Waals surface area contributed by atoms with E-state index < -0.39 is 22.6 Å². The molecule has 0 aliphatic carbocycles. The zero-order valence-electron chi connectivity index (χ0n) is 9.59. The van der Waals surface area contributed by atoms with Gasteiger partial charge in [-0.15, -0.1) is 0 Å². The lowest BCUT2D eigenvalue weighted by atomic mass is 10.2. The van der Waals surface area contributed by atoms with Crippen molar-refractivity contribution in [3.8, 4) is 0 Å². The number of aromatic nitrogens is 1. The lowest BCUT2D eigenvalue weighted by Crippen LogP contribution is -2.32. The Kier molecular flexibility index (Phi) is 4.99. The fourth-order valence-corrected chi connectivity index (χ4v) is 1.46. The summed E-state index contributed by atoms with van der Waals surface area (Å²) >= 11 is 5.58. The zero-order chi connectivity index (χ0) is 13.7. The molecule has 1 aromatic heterocycles. The lowest BCUT2D eigenvalue weighted by molar-refractivity contribution is -0.385. The number of rotatable bonds is 5. The van der Waals surface area contributed by atoms with Crippen molar-refractivity contribution in [2.75, 3.05) is 6.54 Å². The average molecular weight is 274 g/mol. The predicted molar refractivity (Wildman–Crippen MR) is 64.5 cm³/mol. The summed E-state index contributed by atoms with van der Waals surface area (Å²) < 4.78 is 0. The zero-order valence-corrected chi connectivity index (χ0v) is 10.3. The fourth-order valence-electron chi connectivity index (χ4n) is 1.24. The van der Waals surface area contributed by atoms with Crippen LogP contribution in [-0.4, -0.2) is 33.6 Å². The highest BCUT2D eigenvalue weighted by atomic mass is 35.5. The Balaban J connectivity index is 2.92. The van der Waals surface area contributed by atoms with Crippen molar-refractivity contribution in [2.45, 2.75) is 19.4 Å². The molecule has 0 aliphatic heterocycles. The average Bonchev–Trinajstić information content (AvgIpc) is 2.34. The van der Waals surface area contributed by atoms with E-state index in [2.05, 4.69) is 10.3 Å². The van der Waals surface area contributed by atoms with Crippen LogP contribution in [0, 0.1) is 10.1 Å². The molecule has 8 heteroatoms. The van der Waals surface area contributed by atoms with E-state index in [9.17, 15) is 20.0 Å². The molecule has 0 radical (unpaired) electrons. The first-order chi connectivity index (χ1) is 8.47. The molecule has 0 aliphatic rings. The molecule has 7 nitrogen and oxygen atoms in total. The van der Waals surface area contributed by atoms with Crippen LogP contribution in [0.3, 0.4) is 0 Å². The number of carbonyl (C=O) groups is 1. The Morgan fingerprint density at radius 1 is 1.72 bits per heavy atom. The number of aliphatic hydroxyl groups excluding tert-OH is 1. The third-order valence-corrected chi connectivity index (χ3v) is 2.55. The minimum atomic E-state index is -0.763. The maximum absolute atomic E-state index is 11.7. The second kappa shape index (κ2) is 6.27. The molecule has 1 atom stereocenters. The van der Waals surface area contributed by atoms with Crippen molar-refractivity contribution in [3.63, 3.8) is 0 Å². The molecule has 0 bridgehead atoms. The van der Waals surface area contributed by atoms with E-state index in [4.69, 9.17) is 11.6 Å². The molecule has 98 valence electrons. The number of pyridine rings is 1. The highest BCUT2D eigenvalue weighted by Gasteiger charge is 2.24. The largest absolute Gasteiger partial charge is 0.391 e. The van der Waals surface area contributed by atoms with Gasteiger partial charge in [-0.1, -0.05) is 18.5 Å². The number of nitro groups is 1. The van der Waals surface area contributed by atoms with Gasteiger partial charge in [-0.05, 0) is 12.5 Å². The normalized spacial score (nSPS) is 11.9. The summed E-state index contributed by atoms with van der Waals surface area (Å²) in [5.74, 6) is -0.668. The molecule has 1 unspecified atom stereocenters. The summed E-state index contributed by atoms with van der Waals surface area (Å²) in [5, 5.41) is 22.1. The molecule has 0 saturated heterocycles. The lowest BCUT2D eigenvalue weighted by Gasteiger charge is -2.09. The van der Waals surface area contributed by atoms with Gasteiger partial charge in [0.2, 0.25) is 5.15 Å². The smallest absolute Gasteiger partial charge is 0.319 e. The summed E-state index contributed by atoms with van der Waals surface area (Å²) in [4.78, 5) is 25.3. The first-order valence-electron chi connectivity index (χ1n) is 5.22. The topological polar surface area (TPSA) is 105 Å². The highest BCUT2D eigenvalue weighted by Crippen LogP contribution is 2.25. The molecule has 0 saturated carbocycles. The second-order valence-electron chi connectivity index (χ2n) is 3.53. The Morgan fingerprint density at radius 2 is 2.39 bits per heavy atom. The van der Waals surface area contributed by atoms with Gasteiger partial charge < -0.3 is 10.4 Å². The molecule has 1 heterocycles. The number of carbonyl (C=O) groups excluding carboxylic acids is 1. The third-order valence-electron chi connectivity index (χ3n) is 2.28. The molecule has 0 spiro atoms. The highest BCUT2D eigenvalue weighted by molar-refractivity contribution is 6.32. The van der Waals surface area contributed by atoms with Crippen LogP contribution in [0.1, 0.15) is 23.7 Å². The quantitative estimate of drug-likeness (QED) is 0.475. The molecular weight excluding hydrogens is 262 g/mol. The van der Waals surface area contributed by atoms with Gasteiger partial charge in [-0.3, -0.25) is 14.9 Å². The molecule has 1 aromatic rings. The molecular formula is C10H12ClN3O4. The first-order valence-corrected chi connectivity index (χ1v) is 5.60. The minimum Gasteiger partial charge on any atom is -0.391 e. The van der Waals surface area contributed by atoms with Gasteiger partial charge in [0.15, 0.2) is 0 Å². The van der Waals surface area contributed by atoms with Gasteiger partial charge in [-0.2, -0.15) is 0 Å². The maximum atomic E-state index is 11.7. The number of hydrogen-bond acceptors (Lipinski definition) is 5. The molecule has 1 rings (SSSR count). The van der Waals surface area contributed by atoms with Crippen molar-refractivity contribution in [2.24, 2.45) is 0 Å². The predicted octanol–water partition coefficient (Wildman–Crippen LogP) is 1.14. The van der Waals surface area contributed by atoms with E-state index in [0.717, 1.165) is 0 Å². The third kappa shape index (κ3) is 3.38. The van der Waals surface area contributed by atoms with Crippen LogP contribution in [0.2, 0.25) is 5.15 Å². The molecule has 0 aromatic carbocycles. The summed E-state index contributed by atoms with van der Waals surface area (Å²) in [6.45, 7) is 1.77. The van der Waals surface area contributed by atoms with Crippen molar-refractivity contribution in [1.82, 2.24) is 10.3 Å². The number of nitrogens with zero attached hydrogens (tertiary/aromatic N) is 2. The molecule has 18 heavy (non-hydrogen) atoms. The number of nitrogens with one attached hydrogen (secondary N) is 1. The Hall–Kier alpha value is -1.73. The van der Waals surface area contributed by atoms with E-state index in [1.54, 1.807) is 6.92 Å². The molecule has 2 N–H and O–H groups in total. The first kappa shape index (κ1) is 14.3. The maximum Gasteiger partial charge on any atom is 0.319 e. The summed E-state index contributed by atoms with van der Waals surface area (Å²) in [7, 11) is 0. The monoisotopic (exact) mass is 273 g/mol. The van der Waals surface area contributed by atoms with Crippen LogP contribution < -0.4 is 5.32 Å². The van der Waals surface area contributed by atoms with E-state index in [-0.39, 0.29) is 17.3 Å². The van der Waals surface area contributed by atoms with Gasteiger partial charge in [0.1, 0.15) is 5.56 Å². The van der Waals surface area contributed by atoms with Crippen LogP contribution in [0.15, 0.2) is 12.3 Å². The van der Waals surface area contributed by atoms with Gasteiger partial charge in [0, 0.05) is 12.7 Å². The van der Waals surface area contributed by atoms with E-state index in [1.165, 1.54) is 12.3 Å². The number of halogens is 1. The molecule has 1 amide bonds. The fraction of sp³-hybridized carbons (Fsp3) is 0.400. The second-order valence-corrected chi connectivity index (χ2v) is 3.89. The van der Waals surface area contributed by atoms with Crippen molar-refractivity contribution >= 4 is 23.2 Å². The van der Waals surface area contributed by atoms with Gasteiger partial charge in [0.05, 0.1) is 11.0 Å². The van der Waals surface area contributed by atoms with Crippen LogP contribution in [0.4, 0.5) is 5.69 Å². The van der Waals surface area contributed by atoms with Crippen molar-refractivity contribution < 1.29 is 14.8 Å². The summed E-state index contributed by atoms with van der Waals surface area (Å²) in [6.07, 6.45) is 0.991. The Morgan fingerprint density at radius 3 is 2.94 bits per heavy atom. The molecule has 0 fully saturated rings. The summed E-state index contributed by atoms with van der Waals surface area (Å²) in [6, 6.07) is 1.21. The Labute approximate surface area is 108 Å². The van der Waals surface area contributed by atoms with Crippen LogP contribution in [0.25, 0.3) is 0 Å².